The van der Waals surface area contributed by atoms with Crippen LogP contribution in [0.1, 0.15) is 11.4 Å². The number of oxime groups is 1. The quantitative estimate of drug-likeness (QED) is 0.371. The third-order valence-corrected chi connectivity index (χ3v) is 2.23. The van der Waals surface area contributed by atoms with Crippen molar-refractivity contribution in [3.63, 3.8) is 0 Å². The number of ether oxygens (including phenoxy) is 1. The Morgan fingerprint density at radius 2 is 2.17 bits per heavy atom. The van der Waals surface area contributed by atoms with Gasteiger partial charge in [0.15, 0.2) is 17.3 Å². The summed E-state index contributed by atoms with van der Waals surface area (Å²) in [5.41, 5.74) is 6.69. The molecule has 0 aliphatic rings. The summed E-state index contributed by atoms with van der Waals surface area (Å²) < 4.78 is 5.59. The Hall–Kier alpha value is -2.63. The molecule has 6 nitrogen and oxygen atoms in total. The van der Waals surface area contributed by atoms with Gasteiger partial charge in [-0.2, -0.15) is 0 Å². The standard InChI is InChI=1S/C12H12N4O2/c1-8-4-5-9(7-15-8)18-10-3-2-6-14-11(10)12(13)16-17/h2-7,17H,1H3,(H2,13,16). The van der Waals surface area contributed by atoms with E-state index >= 15 is 0 Å². The van der Waals surface area contributed by atoms with Crippen molar-refractivity contribution in [1.29, 1.82) is 0 Å². The first-order valence-corrected chi connectivity index (χ1v) is 5.24. The number of pyridine rings is 2. The Morgan fingerprint density at radius 1 is 1.33 bits per heavy atom. The monoisotopic (exact) mass is 244 g/mol. The van der Waals surface area contributed by atoms with Crippen molar-refractivity contribution >= 4 is 5.84 Å². The molecule has 0 radical (unpaired) electrons. The third-order valence-electron chi connectivity index (χ3n) is 2.23. The molecule has 2 aromatic heterocycles. The van der Waals surface area contributed by atoms with Crippen LogP contribution in [0, 0.1) is 6.92 Å². The van der Waals surface area contributed by atoms with E-state index in [-0.39, 0.29) is 11.5 Å². The Balaban J connectivity index is 2.32. The smallest absolute Gasteiger partial charge is 0.192 e. The molecule has 0 saturated heterocycles. The highest BCUT2D eigenvalue weighted by Gasteiger charge is 2.10. The van der Waals surface area contributed by atoms with Crippen molar-refractivity contribution in [1.82, 2.24) is 9.97 Å². The van der Waals surface area contributed by atoms with Gasteiger partial charge in [-0.05, 0) is 31.2 Å². The SMILES string of the molecule is Cc1ccc(Oc2cccnc2/C(N)=N/O)cn1. The second-order valence-corrected chi connectivity index (χ2v) is 3.57. The first-order valence-electron chi connectivity index (χ1n) is 5.24. The van der Waals surface area contributed by atoms with Crippen LogP contribution in [0.2, 0.25) is 0 Å². The van der Waals surface area contributed by atoms with Gasteiger partial charge in [-0.1, -0.05) is 5.16 Å². The molecule has 0 unspecified atom stereocenters. The number of aromatic nitrogens is 2. The predicted octanol–water partition coefficient (Wildman–Crippen LogP) is 1.67. The summed E-state index contributed by atoms with van der Waals surface area (Å²) in [5.74, 6) is 0.852. The molecule has 0 bridgehead atoms. The van der Waals surface area contributed by atoms with Crippen molar-refractivity contribution < 1.29 is 9.94 Å². The van der Waals surface area contributed by atoms with E-state index in [1.54, 1.807) is 24.4 Å². The van der Waals surface area contributed by atoms with Crippen molar-refractivity contribution in [2.45, 2.75) is 6.92 Å². The molecule has 92 valence electrons. The van der Waals surface area contributed by atoms with Gasteiger partial charge >= 0.3 is 0 Å². The number of rotatable bonds is 3. The summed E-state index contributed by atoms with van der Waals surface area (Å²) in [6, 6.07) is 6.99. The fraction of sp³-hybridized carbons (Fsp3) is 0.0833. The van der Waals surface area contributed by atoms with E-state index < -0.39 is 0 Å². The second kappa shape index (κ2) is 5.13. The fourth-order valence-corrected chi connectivity index (χ4v) is 1.35. The first-order chi connectivity index (χ1) is 8.70. The minimum Gasteiger partial charge on any atom is -0.453 e. The molecule has 2 rings (SSSR count). The average molecular weight is 244 g/mol. The van der Waals surface area contributed by atoms with Gasteiger partial charge in [-0.3, -0.25) is 4.98 Å². The summed E-state index contributed by atoms with van der Waals surface area (Å²) >= 11 is 0. The summed E-state index contributed by atoms with van der Waals surface area (Å²) in [6.07, 6.45) is 3.13. The van der Waals surface area contributed by atoms with Gasteiger partial charge in [0, 0.05) is 11.9 Å². The predicted molar refractivity (Wildman–Crippen MR) is 65.8 cm³/mol. The number of aryl methyl sites for hydroxylation is 1. The van der Waals surface area contributed by atoms with E-state index in [2.05, 4.69) is 15.1 Å². The molecule has 2 aromatic rings. The van der Waals surface area contributed by atoms with Crippen LogP contribution in [-0.4, -0.2) is 21.0 Å². The molecule has 0 aromatic carbocycles. The van der Waals surface area contributed by atoms with E-state index in [0.29, 0.717) is 11.5 Å². The highest BCUT2D eigenvalue weighted by Crippen LogP contribution is 2.23. The Labute approximate surface area is 104 Å². The molecule has 0 aliphatic carbocycles. The molecule has 0 aliphatic heterocycles. The fourth-order valence-electron chi connectivity index (χ4n) is 1.35. The van der Waals surface area contributed by atoms with Crippen LogP contribution in [0.15, 0.2) is 41.8 Å². The first kappa shape index (κ1) is 11.8. The van der Waals surface area contributed by atoms with Crippen LogP contribution in [0.5, 0.6) is 11.5 Å². The van der Waals surface area contributed by atoms with E-state index in [0.717, 1.165) is 5.69 Å². The summed E-state index contributed by atoms with van der Waals surface area (Å²) in [5, 5.41) is 11.6. The molecule has 2 heterocycles. The maximum Gasteiger partial charge on any atom is 0.192 e. The zero-order chi connectivity index (χ0) is 13.0. The maximum atomic E-state index is 8.67. The largest absolute Gasteiger partial charge is 0.453 e. The van der Waals surface area contributed by atoms with Gasteiger partial charge in [-0.15, -0.1) is 0 Å². The van der Waals surface area contributed by atoms with E-state index in [1.165, 1.54) is 6.20 Å². The second-order valence-electron chi connectivity index (χ2n) is 3.57. The van der Waals surface area contributed by atoms with Gasteiger partial charge in [-0.25, -0.2) is 4.98 Å². The number of hydrogen-bond donors (Lipinski definition) is 2. The lowest BCUT2D eigenvalue weighted by Gasteiger charge is -2.08. The van der Waals surface area contributed by atoms with Gasteiger partial charge in [0.1, 0.15) is 5.75 Å². The van der Waals surface area contributed by atoms with E-state index in [1.807, 2.05) is 13.0 Å². The molecule has 6 heteroatoms. The van der Waals surface area contributed by atoms with Crippen LogP contribution in [0.25, 0.3) is 0 Å². The molecular weight excluding hydrogens is 232 g/mol. The Morgan fingerprint density at radius 3 is 2.83 bits per heavy atom. The van der Waals surface area contributed by atoms with Crippen LogP contribution in [0.3, 0.4) is 0 Å². The van der Waals surface area contributed by atoms with Gasteiger partial charge < -0.3 is 15.7 Å². The molecule has 0 spiro atoms. The lowest BCUT2D eigenvalue weighted by atomic mass is 10.3. The number of nitrogens with zero attached hydrogens (tertiary/aromatic N) is 3. The number of amidine groups is 1. The minimum absolute atomic E-state index is 0.106. The normalized spacial score (nSPS) is 11.3. The van der Waals surface area contributed by atoms with Crippen LogP contribution in [0.4, 0.5) is 0 Å². The average Bonchev–Trinajstić information content (AvgIpc) is 2.41. The molecule has 0 atom stereocenters. The lowest BCUT2D eigenvalue weighted by molar-refractivity contribution is 0.318. The highest BCUT2D eigenvalue weighted by atomic mass is 16.5. The Bertz CT molecular complexity index is 567. The molecule has 0 saturated carbocycles. The third kappa shape index (κ3) is 2.54. The maximum absolute atomic E-state index is 8.67. The topological polar surface area (TPSA) is 93.6 Å². The van der Waals surface area contributed by atoms with Gasteiger partial charge in [0.05, 0.1) is 6.20 Å². The summed E-state index contributed by atoms with van der Waals surface area (Å²) in [4.78, 5) is 8.12. The number of hydrogen-bond acceptors (Lipinski definition) is 5. The summed E-state index contributed by atoms with van der Waals surface area (Å²) in [7, 11) is 0. The molecular formula is C12H12N4O2. The molecule has 0 fully saturated rings. The van der Waals surface area contributed by atoms with Gasteiger partial charge in [0.2, 0.25) is 0 Å². The molecule has 18 heavy (non-hydrogen) atoms. The van der Waals surface area contributed by atoms with Gasteiger partial charge in [0.25, 0.3) is 0 Å². The van der Waals surface area contributed by atoms with Crippen LogP contribution >= 0.6 is 0 Å². The van der Waals surface area contributed by atoms with E-state index in [9.17, 15) is 0 Å². The highest BCUT2D eigenvalue weighted by molar-refractivity contribution is 5.97. The molecule has 3 N–H and O–H groups in total. The van der Waals surface area contributed by atoms with Crippen molar-refractivity contribution in [2.75, 3.05) is 0 Å². The van der Waals surface area contributed by atoms with Crippen LogP contribution in [-0.2, 0) is 0 Å². The van der Waals surface area contributed by atoms with Crippen molar-refractivity contribution in [3.05, 3.63) is 48.0 Å². The van der Waals surface area contributed by atoms with E-state index in [4.69, 9.17) is 15.7 Å². The zero-order valence-electron chi connectivity index (χ0n) is 9.74. The Kier molecular flexibility index (Phi) is 3.38. The lowest BCUT2D eigenvalue weighted by Crippen LogP contribution is -2.15. The number of nitrogens with two attached hydrogens (primary N) is 1. The minimum atomic E-state index is -0.106. The molecule has 0 amide bonds. The van der Waals surface area contributed by atoms with Crippen LogP contribution < -0.4 is 10.5 Å². The summed E-state index contributed by atoms with van der Waals surface area (Å²) in [6.45, 7) is 1.88. The van der Waals surface area contributed by atoms with Crippen molar-refractivity contribution in [2.24, 2.45) is 10.9 Å². The van der Waals surface area contributed by atoms with Crippen molar-refractivity contribution in [3.8, 4) is 11.5 Å². The zero-order valence-corrected chi connectivity index (χ0v) is 9.74.